The van der Waals surface area contributed by atoms with Gasteiger partial charge in [-0.15, -0.1) is 0 Å². The smallest absolute Gasteiger partial charge is 0.240 e. The second-order valence-electron chi connectivity index (χ2n) is 6.71. The van der Waals surface area contributed by atoms with Crippen molar-refractivity contribution >= 4 is 23.2 Å². The summed E-state index contributed by atoms with van der Waals surface area (Å²) < 4.78 is 31.7. The van der Waals surface area contributed by atoms with E-state index in [1.165, 1.54) is 43.5 Å². The first-order valence-electron chi connectivity index (χ1n) is 8.52. The quantitative estimate of drug-likeness (QED) is 0.782. The molecule has 1 aliphatic carbocycles. The molecule has 1 fully saturated rings. The molecule has 2 N–H and O–H groups in total. The molecule has 3 atom stereocenters. The van der Waals surface area contributed by atoms with Crippen LogP contribution in [0, 0.1) is 28.9 Å². The van der Waals surface area contributed by atoms with Crippen LogP contribution in [0.5, 0.6) is 5.75 Å². The number of ether oxygens (including phenoxy) is 1. The molecule has 0 radical (unpaired) electrons. The van der Waals surface area contributed by atoms with E-state index in [0.29, 0.717) is 5.69 Å². The van der Waals surface area contributed by atoms with Crippen molar-refractivity contribution in [1.82, 2.24) is 0 Å². The highest BCUT2D eigenvalue weighted by Gasteiger charge is 2.69. The van der Waals surface area contributed by atoms with Crippen LogP contribution < -0.4 is 15.4 Å². The molecule has 1 aliphatic rings. The Hall–Kier alpha value is -2.96. The van der Waals surface area contributed by atoms with Gasteiger partial charge in [-0.25, -0.2) is 8.78 Å². The van der Waals surface area contributed by atoms with Crippen LogP contribution in [-0.4, -0.2) is 18.9 Å². The molecule has 142 valence electrons. The summed E-state index contributed by atoms with van der Waals surface area (Å²) >= 11 is 0. The van der Waals surface area contributed by atoms with E-state index in [1.54, 1.807) is 0 Å². The lowest BCUT2D eigenvalue weighted by molar-refractivity contribution is -0.132. The van der Waals surface area contributed by atoms with Crippen molar-refractivity contribution in [3.05, 3.63) is 54.1 Å². The number of amides is 2. The van der Waals surface area contributed by atoms with E-state index in [4.69, 9.17) is 4.74 Å². The van der Waals surface area contributed by atoms with Crippen LogP contribution in [0.3, 0.4) is 0 Å². The number of nitrogens with one attached hydrogen (secondary N) is 2. The minimum Gasteiger partial charge on any atom is -0.494 e. The van der Waals surface area contributed by atoms with Crippen LogP contribution in [0.15, 0.2) is 42.5 Å². The maximum Gasteiger partial charge on any atom is 0.240 e. The van der Waals surface area contributed by atoms with Gasteiger partial charge in [-0.1, -0.05) is 13.8 Å². The predicted molar refractivity (Wildman–Crippen MR) is 97.4 cm³/mol. The number of benzene rings is 2. The number of hydrogen-bond acceptors (Lipinski definition) is 3. The molecule has 0 unspecified atom stereocenters. The standard InChI is InChI=1S/C20H20F2N2O3/c1-11-12(2)20(11,18(25)23-14-6-4-13(21)5-7-14)19(26)24-15-8-9-17(27-3)16(22)10-15/h4-12H,1-3H3,(H,23,25)(H,24,26)/t11-,12+,20+. The first-order valence-corrected chi connectivity index (χ1v) is 8.52. The highest BCUT2D eigenvalue weighted by atomic mass is 19.1. The fourth-order valence-electron chi connectivity index (χ4n) is 3.45. The van der Waals surface area contributed by atoms with Crippen molar-refractivity contribution < 1.29 is 23.1 Å². The topological polar surface area (TPSA) is 67.4 Å². The maximum absolute atomic E-state index is 13.9. The Morgan fingerprint density at radius 3 is 1.93 bits per heavy atom. The minimum absolute atomic E-state index is 0.0601. The van der Waals surface area contributed by atoms with Crippen molar-refractivity contribution in [2.45, 2.75) is 13.8 Å². The van der Waals surface area contributed by atoms with Crippen LogP contribution in [0.1, 0.15) is 13.8 Å². The lowest BCUT2D eigenvalue weighted by Crippen LogP contribution is -2.38. The van der Waals surface area contributed by atoms with Gasteiger partial charge in [-0.3, -0.25) is 9.59 Å². The van der Waals surface area contributed by atoms with Gasteiger partial charge < -0.3 is 15.4 Å². The first kappa shape index (κ1) is 18.8. The highest BCUT2D eigenvalue weighted by Crippen LogP contribution is 2.59. The van der Waals surface area contributed by atoms with E-state index in [1.807, 2.05) is 13.8 Å². The summed E-state index contributed by atoms with van der Waals surface area (Å²) in [5.74, 6) is -2.34. The Balaban J connectivity index is 1.80. The van der Waals surface area contributed by atoms with Gasteiger partial charge in [0, 0.05) is 17.4 Å². The summed E-state index contributed by atoms with van der Waals surface area (Å²) in [6.45, 7) is 3.62. The van der Waals surface area contributed by atoms with Crippen molar-refractivity contribution in [1.29, 1.82) is 0 Å². The zero-order chi connectivity index (χ0) is 19.8. The summed E-state index contributed by atoms with van der Waals surface area (Å²) in [6.07, 6.45) is 0. The monoisotopic (exact) mass is 374 g/mol. The summed E-state index contributed by atoms with van der Waals surface area (Å²) in [4.78, 5) is 25.7. The third-order valence-electron chi connectivity index (χ3n) is 5.34. The maximum atomic E-state index is 13.9. The third-order valence-corrected chi connectivity index (χ3v) is 5.34. The molecule has 0 saturated heterocycles. The zero-order valence-electron chi connectivity index (χ0n) is 15.2. The van der Waals surface area contributed by atoms with Gasteiger partial charge in [0.15, 0.2) is 11.6 Å². The fraction of sp³-hybridized carbons (Fsp3) is 0.300. The lowest BCUT2D eigenvalue weighted by Gasteiger charge is -2.18. The second kappa shape index (κ2) is 6.98. The molecule has 2 aromatic carbocycles. The molecule has 2 amide bonds. The molecular weight excluding hydrogens is 354 g/mol. The molecule has 5 nitrogen and oxygen atoms in total. The molecule has 2 aromatic rings. The Morgan fingerprint density at radius 2 is 1.44 bits per heavy atom. The predicted octanol–water partition coefficient (Wildman–Crippen LogP) is 3.82. The summed E-state index contributed by atoms with van der Waals surface area (Å²) in [6, 6.07) is 9.34. The summed E-state index contributed by atoms with van der Waals surface area (Å²) in [7, 11) is 1.35. The largest absolute Gasteiger partial charge is 0.494 e. The average Bonchev–Trinajstić information content (AvgIpc) is 3.19. The van der Waals surface area contributed by atoms with Crippen LogP contribution in [0.2, 0.25) is 0 Å². The molecule has 0 heterocycles. The normalized spacial score (nSPS) is 23.4. The molecule has 3 rings (SSSR count). The Morgan fingerprint density at radius 1 is 0.926 bits per heavy atom. The molecule has 27 heavy (non-hydrogen) atoms. The summed E-state index contributed by atoms with van der Waals surface area (Å²) in [5.41, 5.74) is -0.640. The van der Waals surface area contributed by atoms with Crippen LogP contribution in [-0.2, 0) is 9.59 Å². The van der Waals surface area contributed by atoms with Gasteiger partial charge in [-0.05, 0) is 48.2 Å². The minimum atomic E-state index is -1.27. The zero-order valence-corrected chi connectivity index (χ0v) is 15.2. The van der Waals surface area contributed by atoms with Gasteiger partial charge in [-0.2, -0.15) is 0 Å². The van der Waals surface area contributed by atoms with E-state index >= 15 is 0 Å². The number of rotatable bonds is 5. The number of hydrogen-bond donors (Lipinski definition) is 2. The highest BCUT2D eigenvalue weighted by molar-refractivity contribution is 6.17. The fourth-order valence-corrected chi connectivity index (χ4v) is 3.45. The molecule has 0 aliphatic heterocycles. The molecular formula is C20H20F2N2O3. The Bertz CT molecular complexity index is 875. The summed E-state index contributed by atoms with van der Waals surface area (Å²) in [5, 5.41) is 5.29. The number of carbonyl (C=O) groups is 2. The number of carbonyl (C=O) groups excluding carboxylic acids is 2. The van der Waals surface area contributed by atoms with E-state index in [0.717, 1.165) is 6.07 Å². The van der Waals surface area contributed by atoms with E-state index in [2.05, 4.69) is 10.6 Å². The number of methoxy groups -OCH3 is 1. The molecule has 0 aromatic heterocycles. The molecule has 0 bridgehead atoms. The lowest BCUT2D eigenvalue weighted by atomic mass is 9.99. The third kappa shape index (κ3) is 3.25. The van der Waals surface area contributed by atoms with Gasteiger partial charge in [0.25, 0.3) is 0 Å². The number of halogens is 2. The van der Waals surface area contributed by atoms with Crippen molar-refractivity contribution in [2.24, 2.45) is 17.3 Å². The molecule has 1 saturated carbocycles. The van der Waals surface area contributed by atoms with Crippen molar-refractivity contribution in [3.8, 4) is 5.75 Å². The van der Waals surface area contributed by atoms with Crippen LogP contribution in [0.25, 0.3) is 0 Å². The van der Waals surface area contributed by atoms with E-state index < -0.39 is 28.9 Å². The van der Waals surface area contributed by atoms with Gasteiger partial charge in [0.05, 0.1) is 7.11 Å². The molecule has 7 heteroatoms. The SMILES string of the molecule is COc1ccc(NC(=O)[C@@]2(C(=O)Nc3ccc(F)cc3)[C@H](C)[C@@H]2C)cc1F. The van der Waals surface area contributed by atoms with Crippen molar-refractivity contribution in [2.75, 3.05) is 17.7 Å². The van der Waals surface area contributed by atoms with E-state index in [-0.39, 0.29) is 23.3 Å². The second-order valence-corrected chi connectivity index (χ2v) is 6.71. The average molecular weight is 374 g/mol. The first-order chi connectivity index (χ1) is 12.8. The number of anilines is 2. The Kier molecular flexibility index (Phi) is 4.87. The van der Waals surface area contributed by atoms with Gasteiger partial charge >= 0.3 is 0 Å². The van der Waals surface area contributed by atoms with E-state index in [9.17, 15) is 18.4 Å². The van der Waals surface area contributed by atoms with Gasteiger partial charge in [0.2, 0.25) is 11.8 Å². The Labute approximate surface area is 155 Å². The molecule has 0 spiro atoms. The van der Waals surface area contributed by atoms with Crippen LogP contribution in [0.4, 0.5) is 20.2 Å². The van der Waals surface area contributed by atoms with Gasteiger partial charge in [0.1, 0.15) is 11.2 Å². The van der Waals surface area contributed by atoms with Crippen molar-refractivity contribution in [3.63, 3.8) is 0 Å². The van der Waals surface area contributed by atoms with Crippen LogP contribution >= 0.6 is 0 Å².